The van der Waals surface area contributed by atoms with Gasteiger partial charge in [-0.3, -0.25) is 4.79 Å². The number of carbonyl (C=O) groups is 1. The number of nitrogens with two attached hydrogens (primary N) is 1. The Morgan fingerprint density at radius 2 is 2.12 bits per heavy atom. The Labute approximate surface area is 92.8 Å². The number of hydrogen-bond acceptors (Lipinski definition) is 4. The molecule has 0 radical (unpaired) electrons. The van der Waals surface area contributed by atoms with Crippen molar-refractivity contribution < 1.29 is 19.4 Å². The normalized spacial score (nSPS) is 15.6. The number of carboxylic acid groups (broad SMARTS) is 1. The number of benzene rings is 1. The molecule has 0 saturated heterocycles. The molecule has 0 amide bonds. The van der Waals surface area contributed by atoms with Crippen LogP contribution in [-0.4, -0.2) is 18.2 Å². The summed E-state index contributed by atoms with van der Waals surface area (Å²) in [5.41, 5.74) is 8.08. The lowest BCUT2D eigenvalue weighted by atomic mass is 10.0. The van der Waals surface area contributed by atoms with Crippen LogP contribution in [0, 0.1) is 0 Å². The van der Waals surface area contributed by atoms with E-state index in [0.717, 1.165) is 11.1 Å². The van der Waals surface area contributed by atoms with Gasteiger partial charge in [0.15, 0.2) is 0 Å². The van der Waals surface area contributed by atoms with Gasteiger partial charge in [0, 0.05) is 5.56 Å². The maximum atomic E-state index is 10.9. The van der Waals surface area contributed by atoms with Gasteiger partial charge < -0.3 is 20.3 Å². The fourth-order valence-corrected chi connectivity index (χ4v) is 1.78. The zero-order valence-electron chi connectivity index (χ0n) is 8.90. The third-order valence-electron chi connectivity index (χ3n) is 2.67. The lowest BCUT2D eigenvalue weighted by Gasteiger charge is -2.13. The number of rotatable bonds is 3. The molecule has 0 aliphatic carbocycles. The van der Waals surface area contributed by atoms with Gasteiger partial charge >= 0.3 is 5.97 Å². The van der Waals surface area contributed by atoms with Gasteiger partial charge in [0.2, 0.25) is 0 Å². The van der Waals surface area contributed by atoms with Crippen molar-refractivity contribution >= 4 is 5.97 Å². The van der Waals surface area contributed by atoms with E-state index in [2.05, 4.69) is 0 Å². The van der Waals surface area contributed by atoms with Crippen LogP contribution in [0.2, 0.25) is 0 Å². The highest BCUT2D eigenvalue weighted by Crippen LogP contribution is 2.31. The second-order valence-electron chi connectivity index (χ2n) is 3.67. The molecule has 0 bridgehead atoms. The second-order valence-corrected chi connectivity index (χ2v) is 3.67. The Hall–Kier alpha value is -1.59. The van der Waals surface area contributed by atoms with E-state index in [1.165, 1.54) is 7.11 Å². The van der Waals surface area contributed by atoms with Crippen LogP contribution in [0.25, 0.3) is 0 Å². The molecule has 1 aromatic rings. The molecule has 16 heavy (non-hydrogen) atoms. The summed E-state index contributed by atoms with van der Waals surface area (Å²) in [6, 6.07) is 2.47. The Kier molecular flexibility index (Phi) is 2.80. The maximum Gasteiger partial charge on any atom is 0.325 e. The Balaban J connectivity index is 2.47. The van der Waals surface area contributed by atoms with E-state index in [1.54, 1.807) is 12.1 Å². The average molecular weight is 223 g/mol. The number of fused-ring (bicyclic) bond motifs is 1. The molecule has 1 aliphatic heterocycles. The predicted octanol–water partition coefficient (Wildman–Crippen LogP) is 0.810. The van der Waals surface area contributed by atoms with Crippen molar-refractivity contribution in [1.29, 1.82) is 0 Å². The molecule has 1 atom stereocenters. The Morgan fingerprint density at radius 1 is 1.50 bits per heavy atom. The van der Waals surface area contributed by atoms with Gasteiger partial charge in [-0.15, -0.1) is 0 Å². The van der Waals surface area contributed by atoms with Crippen LogP contribution in [0.15, 0.2) is 12.1 Å². The second kappa shape index (κ2) is 4.11. The molecule has 86 valence electrons. The summed E-state index contributed by atoms with van der Waals surface area (Å²) in [4.78, 5) is 10.9. The minimum Gasteiger partial charge on any atom is -0.496 e. The van der Waals surface area contributed by atoms with Gasteiger partial charge in [0.1, 0.15) is 11.8 Å². The third-order valence-corrected chi connectivity index (χ3v) is 2.67. The molecule has 0 saturated carbocycles. The van der Waals surface area contributed by atoms with Crippen molar-refractivity contribution in [3.63, 3.8) is 0 Å². The highest BCUT2D eigenvalue weighted by Gasteiger charge is 2.22. The fraction of sp³-hybridized carbons (Fsp3) is 0.364. The molecule has 1 heterocycles. The molecule has 1 aliphatic rings. The van der Waals surface area contributed by atoms with E-state index in [-0.39, 0.29) is 0 Å². The lowest BCUT2D eigenvalue weighted by molar-refractivity contribution is -0.138. The Bertz CT molecular complexity index is 430. The van der Waals surface area contributed by atoms with Gasteiger partial charge in [-0.2, -0.15) is 0 Å². The fourth-order valence-electron chi connectivity index (χ4n) is 1.78. The van der Waals surface area contributed by atoms with Crippen LogP contribution >= 0.6 is 0 Å². The maximum absolute atomic E-state index is 10.9. The minimum atomic E-state index is -1.07. The van der Waals surface area contributed by atoms with Crippen molar-refractivity contribution in [2.75, 3.05) is 7.11 Å². The first kappa shape index (κ1) is 10.9. The van der Waals surface area contributed by atoms with Crippen LogP contribution in [0.5, 0.6) is 5.75 Å². The average Bonchev–Trinajstić information content (AvgIpc) is 2.72. The first-order valence-electron chi connectivity index (χ1n) is 4.89. The molecule has 2 rings (SSSR count). The zero-order valence-corrected chi connectivity index (χ0v) is 8.90. The summed E-state index contributed by atoms with van der Waals surface area (Å²) in [7, 11) is 1.50. The van der Waals surface area contributed by atoms with E-state index < -0.39 is 12.0 Å². The molecular weight excluding hydrogens is 210 g/mol. The number of aliphatic carboxylic acids is 1. The van der Waals surface area contributed by atoms with Crippen molar-refractivity contribution in [1.82, 2.24) is 0 Å². The van der Waals surface area contributed by atoms with Crippen molar-refractivity contribution in [3.8, 4) is 5.75 Å². The summed E-state index contributed by atoms with van der Waals surface area (Å²) < 4.78 is 10.4. The molecule has 0 aromatic heterocycles. The van der Waals surface area contributed by atoms with Gasteiger partial charge in [0.05, 0.1) is 20.3 Å². The minimum absolute atomic E-state index is 0.485. The molecule has 5 nitrogen and oxygen atoms in total. The number of hydrogen-bond donors (Lipinski definition) is 2. The van der Waals surface area contributed by atoms with Gasteiger partial charge in [-0.05, 0) is 23.3 Å². The van der Waals surface area contributed by atoms with Crippen LogP contribution in [0.1, 0.15) is 22.7 Å². The van der Waals surface area contributed by atoms with E-state index in [9.17, 15) is 4.79 Å². The topological polar surface area (TPSA) is 81.8 Å². The Morgan fingerprint density at radius 3 is 2.69 bits per heavy atom. The van der Waals surface area contributed by atoms with E-state index in [1.807, 2.05) is 0 Å². The van der Waals surface area contributed by atoms with Crippen LogP contribution in [-0.2, 0) is 22.7 Å². The molecular formula is C11H13NO4. The zero-order chi connectivity index (χ0) is 11.7. The van der Waals surface area contributed by atoms with Gasteiger partial charge in [0.25, 0.3) is 0 Å². The van der Waals surface area contributed by atoms with E-state index in [0.29, 0.717) is 24.5 Å². The number of ether oxygens (including phenoxy) is 2. The number of methoxy groups -OCH3 is 1. The highest BCUT2D eigenvalue weighted by molar-refractivity contribution is 5.76. The summed E-state index contributed by atoms with van der Waals surface area (Å²) >= 11 is 0. The smallest absolute Gasteiger partial charge is 0.325 e. The number of carboxylic acids is 1. The molecule has 3 N–H and O–H groups in total. The van der Waals surface area contributed by atoms with Crippen LogP contribution in [0.4, 0.5) is 0 Å². The van der Waals surface area contributed by atoms with Crippen LogP contribution in [0.3, 0.4) is 0 Å². The predicted molar refractivity (Wildman–Crippen MR) is 56.1 cm³/mol. The third kappa shape index (κ3) is 1.75. The van der Waals surface area contributed by atoms with Gasteiger partial charge in [-0.25, -0.2) is 0 Å². The first-order chi connectivity index (χ1) is 7.63. The first-order valence-corrected chi connectivity index (χ1v) is 4.89. The molecule has 0 fully saturated rings. The molecule has 1 aromatic carbocycles. The summed E-state index contributed by atoms with van der Waals surface area (Å²) in [5, 5.41) is 8.89. The molecule has 1 unspecified atom stereocenters. The summed E-state index contributed by atoms with van der Waals surface area (Å²) in [6.45, 7) is 1.03. The lowest BCUT2D eigenvalue weighted by Crippen LogP contribution is -2.21. The van der Waals surface area contributed by atoms with E-state index in [4.69, 9.17) is 20.3 Å². The quantitative estimate of drug-likeness (QED) is 0.792. The van der Waals surface area contributed by atoms with Gasteiger partial charge in [-0.1, -0.05) is 0 Å². The largest absolute Gasteiger partial charge is 0.496 e. The van der Waals surface area contributed by atoms with E-state index >= 15 is 0 Å². The van der Waals surface area contributed by atoms with Crippen LogP contribution < -0.4 is 10.5 Å². The summed E-state index contributed by atoms with van der Waals surface area (Å²) in [5.74, 6) is -0.573. The SMILES string of the molecule is COc1cc2c(cc1C(N)C(=O)O)COC2. The summed E-state index contributed by atoms with van der Waals surface area (Å²) in [6.07, 6.45) is 0. The highest BCUT2D eigenvalue weighted by atomic mass is 16.5. The molecule has 5 heteroatoms. The standard InChI is InChI=1S/C11H13NO4/c1-15-9-3-7-5-16-4-6(7)2-8(9)10(12)11(13)14/h2-3,10H,4-5,12H2,1H3,(H,13,14). The molecule has 0 spiro atoms. The van der Waals surface area contributed by atoms with Crippen molar-refractivity contribution in [2.45, 2.75) is 19.3 Å². The van der Waals surface area contributed by atoms with Crippen molar-refractivity contribution in [2.24, 2.45) is 5.73 Å². The van der Waals surface area contributed by atoms with Crippen molar-refractivity contribution in [3.05, 3.63) is 28.8 Å². The monoisotopic (exact) mass is 223 g/mol.